The molecule has 5 unspecified atom stereocenters. The molecule has 2 nitrogen and oxygen atoms in total. The summed E-state index contributed by atoms with van der Waals surface area (Å²) >= 11 is 0. The molecule has 3 fully saturated rings. The van der Waals surface area contributed by atoms with Crippen LogP contribution in [0, 0.1) is 11.8 Å². The van der Waals surface area contributed by atoms with Gasteiger partial charge in [-0.2, -0.15) is 0 Å². The minimum atomic E-state index is -0.169. The Morgan fingerprint density at radius 3 is 3.09 bits per heavy atom. The molecular weight excluding hydrogens is 139 g/mol. The van der Waals surface area contributed by atoms with Crippen molar-refractivity contribution in [3.8, 4) is 0 Å². The highest BCUT2D eigenvalue weighted by molar-refractivity contribution is 6.11. The first kappa shape index (κ1) is 6.50. The second kappa shape index (κ2) is 1.67. The van der Waals surface area contributed by atoms with E-state index in [4.69, 9.17) is 17.3 Å². The van der Waals surface area contributed by atoms with Crippen molar-refractivity contribution < 1.29 is 9.47 Å². The van der Waals surface area contributed by atoms with Gasteiger partial charge in [-0.05, 0) is 19.3 Å². The molecule has 5 atom stereocenters. The number of rotatable bonds is 0. The number of ether oxygens (including phenoxy) is 2. The Balaban J connectivity index is 1.98. The van der Waals surface area contributed by atoms with Crippen LogP contribution >= 0.6 is 0 Å². The van der Waals surface area contributed by atoms with Gasteiger partial charge in [-0.3, -0.25) is 0 Å². The van der Waals surface area contributed by atoms with Gasteiger partial charge in [0.05, 0.1) is 18.3 Å². The van der Waals surface area contributed by atoms with Crippen molar-refractivity contribution >= 4 is 7.85 Å². The molecule has 0 spiro atoms. The summed E-state index contributed by atoms with van der Waals surface area (Å²) in [6, 6.07) is -0.169. The molecule has 0 aromatic rings. The van der Waals surface area contributed by atoms with E-state index in [-0.39, 0.29) is 17.7 Å². The van der Waals surface area contributed by atoms with Gasteiger partial charge in [0.1, 0.15) is 7.85 Å². The van der Waals surface area contributed by atoms with Gasteiger partial charge in [-0.25, -0.2) is 0 Å². The Kier molecular flexibility index (Phi) is 0.985. The van der Waals surface area contributed by atoms with Gasteiger partial charge in [0, 0.05) is 11.9 Å². The lowest BCUT2D eigenvalue weighted by molar-refractivity contribution is -0.113. The summed E-state index contributed by atoms with van der Waals surface area (Å²) in [4.78, 5) is 0. The van der Waals surface area contributed by atoms with Crippen molar-refractivity contribution in [1.29, 1.82) is 0 Å². The Bertz CT molecular complexity index is 208. The van der Waals surface area contributed by atoms with Crippen LogP contribution < -0.4 is 0 Å². The first-order valence-electron chi connectivity index (χ1n) is 4.26. The zero-order valence-electron chi connectivity index (χ0n) is 6.62. The van der Waals surface area contributed by atoms with Gasteiger partial charge >= 0.3 is 0 Å². The molecule has 2 radical (unpaired) electrons. The van der Waals surface area contributed by atoms with Gasteiger partial charge in [-0.1, -0.05) is 0 Å². The zero-order chi connectivity index (χ0) is 7.64. The lowest BCUT2D eigenvalue weighted by Gasteiger charge is -2.44. The molecule has 3 rings (SSSR count). The fourth-order valence-corrected chi connectivity index (χ4v) is 3.04. The lowest BCUT2D eigenvalue weighted by atomic mass is 9.62. The summed E-state index contributed by atoms with van der Waals surface area (Å²) in [5.41, 5.74) is 0.0608. The molecule has 2 heterocycles. The molecule has 0 aromatic carbocycles. The van der Waals surface area contributed by atoms with E-state index in [9.17, 15) is 0 Å². The third-order valence-electron chi connectivity index (χ3n) is 3.47. The average Bonchev–Trinajstić information content (AvgIpc) is 2.33. The van der Waals surface area contributed by atoms with E-state index >= 15 is 0 Å². The van der Waals surface area contributed by atoms with Crippen molar-refractivity contribution in [3.63, 3.8) is 0 Å². The van der Waals surface area contributed by atoms with Crippen molar-refractivity contribution in [2.24, 2.45) is 11.8 Å². The van der Waals surface area contributed by atoms with Crippen LogP contribution in [-0.2, 0) is 9.47 Å². The number of hydrogen-bond acceptors (Lipinski definition) is 2. The average molecular weight is 150 g/mol. The van der Waals surface area contributed by atoms with Gasteiger partial charge in [0.2, 0.25) is 0 Å². The van der Waals surface area contributed by atoms with E-state index in [0.29, 0.717) is 5.92 Å². The summed E-state index contributed by atoms with van der Waals surface area (Å²) < 4.78 is 11.2. The molecule has 11 heavy (non-hydrogen) atoms. The minimum absolute atomic E-state index is 0.0608. The van der Waals surface area contributed by atoms with Crippen LogP contribution in [0.4, 0.5) is 0 Å². The van der Waals surface area contributed by atoms with Gasteiger partial charge in [0.15, 0.2) is 0 Å². The Morgan fingerprint density at radius 2 is 2.36 bits per heavy atom. The molecule has 1 aliphatic carbocycles. The van der Waals surface area contributed by atoms with Crippen LogP contribution in [0.1, 0.15) is 13.3 Å². The van der Waals surface area contributed by atoms with Crippen LogP contribution in [-0.4, -0.2) is 32.2 Å². The topological polar surface area (TPSA) is 18.5 Å². The highest BCUT2D eigenvalue weighted by Crippen LogP contribution is 2.58. The highest BCUT2D eigenvalue weighted by atomic mass is 16.6. The van der Waals surface area contributed by atoms with E-state index in [2.05, 4.69) is 6.92 Å². The molecular formula is C8H11BO2. The van der Waals surface area contributed by atoms with Crippen LogP contribution in [0.25, 0.3) is 0 Å². The summed E-state index contributed by atoms with van der Waals surface area (Å²) in [5, 5.41) is 0. The van der Waals surface area contributed by atoms with E-state index in [1.165, 1.54) is 0 Å². The maximum absolute atomic E-state index is 5.77. The lowest BCUT2D eigenvalue weighted by Crippen LogP contribution is -2.49. The maximum Gasteiger partial charge on any atom is 0.112 e. The molecule has 0 amide bonds. The fourth-order valence-electron chi connectivity index (χ4n) is 3.04. The molecule has 0 aromatic heterocycles. The van der Waals surface area contributed by atoms with Crippen molar-refractivity contribution in [3.05, 3.63) is 0 Å². The smallest absolute Gasteiger partial charge is 0.112 e. The first-order valence-corrected chi connectivity index (χ1v) is 4.26. The predicted octanol–water partition coefficient (Wildman–Crippen LogP) is 0.305. The minimum Gasteiger partial charge on any atom is -0.379 e. The van der Waals surface area contributed by atoms with Gasteiger partial charge < -0.3 is 9.47 Å². The highest BCUT2D eigenvalue weighted by Gasteiger charge is 2.65. The largest absolute Gasteiger partial charge is 0.379 e. The van der Waals surface area contributed by atoms with E-state index in [1.54, 1.807) is 0 Å². The van der Waals surface area contributed by atoms with Crippen LogP contribution in [0.3, 0.4) is 0 Å². The van der Waals surface area contributed by atoms with E-state index in [1.807, 2.05) is 0 Å². The van der Waals surface area contributed by atoms with E-state index in [0.717, 1.165) is 18.9 Å². The van der Waals surface area contributed by atoms with E-state index < -0.39 is 0 Å². The van der Waals surface area contributed by atoms with Crippen LogP contribution in [0.2, 0.25) is 0 Å². The second-order valence-corrected chi connectivity index (χ2v) is 4.18. The fraction of sp³-hybridized carbons (Fsp3) is 1.00. The molecule has 0 N–H and O–H groups in total. The number of hydrogen-bond donors (Lipinski definition) is 0. The third-order valence-corrected chi connectivity index (χ3v) is 3.47. The SMILES string of the molecule is [B]C1OC2(C)CC3COC1C32. The van der Waals surface area contributed by atoms with Crippen LogP contribution in [0.15, 0.2) is 0 Å². The first-order chi connectivity index (χ1) is 5.21. The summed E-state index contributed by atoms with van der Waals surface area (Å²) in [6.45, 7) is 3.06. The summed E-state index contributed by atoms with van der Waals surface area (Å²) in [5.74, 6) is 1.33. The predicted molar refractivity (Wildman–Crippen MR) is 40.4 cm³/mol. The second-order valence-electron chi connectivity index (χ2n) is 4.18. The van der Waals surface area contributed by atoms with Crippen molar-refractivity contribution in [2.45, 2.75) is 31.1 Å². The monoisotopic (exact) mass is 150 g/mol. The zero-order valence-corrected chi connectivity index (χ0v) is 6.62. The normalized spacial score (nSPS) is 65.9. The molecule has 3 aliphatic rings. The van der Waals surface area contributed by atoms with Gasteiger partial charge in [0.25, 0.3) is 0 Å². The molecule has 1 saturated carbocycles. The third kappa shape index (κ3) is 0.585. The van der Waals surface area contributed by atoms with Crippen molar-refractivity contribution in [1.82, 2.24) is 0 Å². The molecule has 0 bridgehead atoms. The van der Waals surface area contributed by atoms with Crippen LogP contribution in [0.5, 0.6) is 0 Å². The Labute approximate surface area is 67.7 Å². The summed E-state index contributed by atoms with van der Waals surface area (Å²) in [7, 11) is 5.77. The summed E-state index contributed by atoms with van der Waals surface area (Å²) in [6.07, 6.45) is 1.33. The van der Waals surface area contributed by atoms with Crippen molar-refractivity contribution in [2.75, 3.05) is 6.61 Å². The Hall–Kier alpha value is -0.0151. The molecule has 2 saturated heterocycles. The quantitative estimate of drug-likeness (QED) is 0.462. The maximum atomic E-state index is 5.77. The molecule has 58 valence electrons. The Morgan fingerprint density at radius 1 is 1.55 bits per heavy atom. The van der Waals surface area contributed by atoms with Gasteiger partial charge in [-0.15, -0.1) is 0 Å². The standard InChI is InChI=1S/C8H11BO2/c1-8-2-4-3-10-6(5(4)8)7(9)11-8/h4-7H,2-3H2,1H3. The molecule has 2 aliphatic heterocycles. The molecule has 3 heteroatoms.